The van der Waals surface area contributed by atoms with Crippen LogP contribution in [-0.4, -0.2) is 55.2 Å². The van der Waals surface area contributed by atoms with Gasteiger partial charge in [0.2, 0.25) is 0 Å². The second-order valence-electron chi connectivity index (χ2n) is 6.81. The minimum absolute atomic E-state index is 0.672. The summed E-state index contributed by atoms with van der Waals surface area (Å²) in [5, 5.41) is 0. The third-order valence-corrected chi connectivity index (χ3v) is 4.97. The molecule has 0 aromatic carbocycles. The zero-order chi connectivity index (χ0) is 13.2. The summed E-state index contributed by atoms with van der Waals surface area (Å²) >= 11 is 0. The van der Waals surface area contributed by atoms with Crippen molar-refractivity contribution < 1.29 is 4.39 Å². The lowest BCUT2D eigenvalue weighted by molar-refractivity contribution is 0.0184. The van der Waals surface area contributed by atoms with Crippen molar-refractivity contribution in [3.05, 3.63) is 0 Å². The van der Waals surface area contributed by atoms with Gasteiger partial charge in [0.15, 0.2) is 0 Å². The zero-order valence-corrected chi connectivity index (χ0v) is 12.3. The number of nitrogens with zero attached hydrogens (tertiary/aromatic N) is 2. The van der Waals surface area contributed by atoms with Crippen molar-refractivity contribution in [3.63, 3.8) is 0 Å². The molecule has 0 unspecified atom stereocenters. The maximum Gasteiger partial charge on any atom is 0.126 e. The average Bonchev–Trinajstić information content (AvgIpc) is 2.34. The van der Waals surface area contributed by atoms with E-state index in [0.29, 0.717) is 19.4 Å². The van der Waals surface area contributed by atoms with Crippen LogP contribution in [0, 0.1) is 11.8 Å². The van der Waals surface area contributed by atoms with Gasteiger partial charge in [-0.3, -0.25) is 0 Å². The lowest BCUT2D eigenvalue weighted by Crippen LogP contribution is -2.49. The van der Waals surface area contributed by atoms with E-state index in [0.717, 1.165) is 38.0 Å². The molecule has 2 aliphatic heterocycles. The van der Waals surface area contributed by atoms with Gasteiger partial charge in [-0.05, 0) is 57.7 Å². The Morgan fingerprint density at radius 1 is 1.11 bits per heavy atom. The highest BCUT2D eigenvalue weighted by Gasteiger charge is 2.36. The quantitative estimate of drug-likeness (QED) is 0.766. The largest absolute Gasteiger partial charge is 0.306 e. The van der Waals surface area contributed by atoms with Crippen LogP contribution >= 0.6 is 0 Å². The lowest BCUT2D eigenvalue weighted by atomic mass is 9.85. The normalized spacial score (nSPS) is 27.8. The van der Waals surface area contributed by atoms with E-state index in [2.05, 4.69) is 30.7 Å². The van der Waals surface area contributed by atoms with Crippen molar-refractivity contribution >= 4 is 0 Å². The minimum atomic E-state index is -0.919. The molecule has 0 N–H and O–H groups in total. The molecule has 2 fully saturated rings. The monoisotopic (exact) mass is 256 g/mol. The molecule has 0 saturated carbocycles. The van der Waals surface area contributed by atoms with E-state index >= 15 is 0 Å². The standard InChI is InChI=1S/C15H29FN2/c1-13(2)14-4-8-18(9-5-14)12-15(16)6-10-17(3)11-7-15/h13-14H,4-12H2,1-3H3. The van der Waals surface area contributed by atoms with E-state index in [1.165, 1.54) is 12.8 Å². The zero-order valence-electron chi connectivity index (χ0n) is 12.3. The Morgan fingerprint density at radius 2 is 1.67 bits per heavy atom. The number of likely N-dealkylation sites (tertiary alicyclic amines) is 2. The number of piperidine rings is 2. The highest BCUT2D eigenvalue weighted by Crippen LogP contribution is 2.30. The van der Waals surface area contributed by atoms with Crippen LogP contribution in [0.25, 0.3) is 0 Å². The summed E-state index contributed by atoms with van der Waals surface area (Å²) in [5.74, 6) is 1.64. The highest BCUT2D eigenvalue weighted by molar-refractivity contribution is 4.89. The average molecular weight is 256 g/mol. The molecule has 0 amide bonds. The maximum atomic E-state index is 14.7. The third kappa shape index (κ3) is 3.67. The molecule has 0 aromatic heterocycles. The highest BCUT2D eigenvalue weighted by atomic mass is 19.1. The Labute approximate surface area is 112 Å². The number of alkyl halides is 1. The number of hydrogen-bond donors (Lipinski definition) is 0. The maximum absolute atomic E-state index is 14.7. The van der Waals surface area contributed by atoms with E-state index in [1.807, 2.05) is 0 Å². The fourth-order valence-corrected chi connectivity index (χ4v) is 3.36. The van der Waals surface area contributed by atoms with Crippen LogP contribution in [-0.2, 0) is 0 Å². The van der Waals surface area contributed by atoms with Gasteiger partial charge in [0.05, 0.1) is 0 Å². The molecule has 0 radical (unpaired) electrons. The van der Waals surface area contributed by atoms with Crippen LogP contribution in [0.5, 0.6) is 0 Å². The van der Waals surface area contributed by atoms with Gasteiger partial charge in [-0.25, -0.2) is 4.39 Å². The van der Waals surface area contributed by atoms with Crippen LogP contribution < -0.4 is 0 Å². The van der Waals surface area contributed by atoms with Gasteiger partial charge < -0.3 is 9.80 Å². The second-order valence-corrected chi connectivity index (χ2v) is 6.81. The van der Waals surface area contributed by atoms with E-state index < -0.39 is 5.67 Å². The first kappa shape index (κ1) is 14.3. The van der Waals surface area contributed by atoms with Gasteiger partial charge in [0.1, 0.15) is 5.67 Å². The molecule has 2 rings (SSSR count). The summed E-state index contributed by atoms with van der Waals surface area (Å²) in [5.41, 5.74) is -0.919. The summed E-state index contributed by atoms with van der Waals surface area (Å²) in [7, 11) is 2.09. The topological polar surface area (TPSA) is 6.48 Å². The van der Waals surface area contributed by atoms with Crippen molar-refractivity contribution in [2.45, 2.75) is 45.2 Å². The summed E-state index contributed by atoms with van der Waals surface area (Å²) in [6, 6.07) is 0. The summed E-state index contributed by atoms with van der Waals surface area (Å²) in [6.45, 7) is 9.33. The smallest absolute Gasteiger partial charge is 0.126 e. The number of hydrogen-bond acceptors (Lipinski definition) is 2. The molecule has 0 aliphatic carbocycles. The van der Waals surface area contributed by atoms with Crippen molar-refractivity contribution in [2.75, 3.05) is 39.8 Å². The van der Waals surface area contributed by atoms with Crippen molar-refractivity contribution in [3.8, 4) is 0 Å². The van der Waals surface area contributed by atoms with Gasteiger partial charge in [0, 0.05) is 19.6 Å². The Hall–Kier alpha value is -0.150. The first-order valence-electron chi connectivity index (χ1n) is 7.58. The summed E-state index contributed by atoms with van der Waals surface area (Å²) in [4.78, 5) is 4.60. The predicted octanol–water partition coefficient (Wildman–Crippen LogP) is 2.79. The molecule has 3 heteroatoms. The molecule has 2 heterocycles. The van der Waals surface area contributed by atoms with Crippen molar-refractivity contribution in [1.29, 1.82) is 0 Å². The van der Waals surface area contributed by atoms with Crippen molar-refractivity contribution in [1.82, 2.24) is 9.80 Å². The van der Waals surface area contributed by atoms with Crippen LogP contribution in [0.2, 0.25) is 0 Å². The molecule has 0 bridgehead atoms. The fraction of sp³-hybridized carbons (Fsp3) is 1.00. The van der Waals surface area contributed by atoms with Gasteiger partial charge in [0.25, 0.3) is 0 Å². The second kappa shape index (κ2) is 5.87. The van der Waals surface area contributed by atoms with E-state index in [4.69, 9.17) is 0 Å². The molecule has 106 valence electrons. The first-order valence-corrected chi connectivity index (χ1v) is 7.58. The Balaban J connectivity index is 1.77. The summed E-state index contributed by atoms with van der Waals surface area (Å²) < 4.78 is 14.7. The van der Waals surface area contributed by atoms with E-state index in [9.17, 15) is 4.39 Å². The molecular weight excluding hydrogens is 227 g/mol. The summed E-state index contributed by atoms with van der Waals surface area (Å²) in [6.07, 6.45) is 3.95. The number of halogens is 1. The molecule has 0 spiro atoms. The molecule has 0 aromatic rings. The molecule has 2 aliphatic rings. The van der Waals surface area contributed by atoms with Crippen molar-refractivity contribution in [2.24, 2.45) is 11.8 Å². The van der Waals surface area contributed by atoms with Gasteiger partial charge in [-0.2, -0.15) is 0 Å². The van der Waals surface area contributed by atoms with Gasteiger partial charge >= 0.3 is 0 Å². The van der Waals surface area contributed by atoms with E-state index in [1.54, 1.807) is 0 Å². The molecule has 18 heavy (non-hydrogen) atoms. The number of rotatable bonds is 3. The first-order chi connectivity index (χ1) is 8.48. The molecular formula is C15H29FN2. The van der Waals surface area contributed by atoms with Gasteiger partial charge in [-0.1, -0.05) is 13.8 Å². The lowest BCUT2D eigenvalue weighted by Gasteiger charge is -2.41. The molecule has 0 atom stereocenters. The Morgan fingerprint density at radius 3 is 2.17 bits per heavy atom. The third-order valence-electron chi connectivity index (χ3n) is 4.97. The van der Waals surface area contributed by atoms with E-state index in [-0.39, 0.29) is 0 Å². The fourth-order valence-electron chi connectivity index (χ4n) is 3.36. The van der Waals surface area contributed by atoms with Crippen LogP contribution in [0.1, 0.15) is 39.5 Å². The van der Waals surface area contributed by atoms with Gasteiger partial charge in [-0.15, -0.1) is 0 Å². The minimum Gasteiger partial charge on any atom is -0.306 e. The van der Waals surface area contributed by atoms with Crippen LogP contribution in [0.15, 0.2) is 0 Å². The van der Waals surface area contributed by atoms with Crippen LogP contribution in [0.3, 0.4) is 0 Å². The molecule has 2 nitrogen and oxygen atoms in total. The molecule has 2 saturated heterocycles. The Bertz CT molecular complexity index is 251. The Kier molecular flexibility index (Phi) is 4.65. The predicted molar refractivity (Wildman–Crippen MR) is 74.6 cm³/mol. The SMILES string of the molecule is CC(C)C1CCN(CC2(F)CCN(C)CC2)CC1. The van der Waals surface area contributed by atoms with Crippen LogP contribution in [0.4, 0.5) is 4.39 Å².